The van der Waals surface area contributed by atoms with E-state index in [0.717, 1.165) is 24.2 Å². The van der Waals surface area contributed by atoms with Crippen LogP contribution in [0.5, 0.6) is 0 Å². The number of esters is 1. The Labute approximate surface area is 215 Å². The molecule has 1 atom stereocenters. The molecule has 0 saturated heterocycles. The van der Waals surface area contributed by atoms with Crippen molar-refractivity contribution in [2.24, 2.45) is 0 Å². The number of fused-ring (bicyclic) bond motifs is 1. The van der Waals surface area contributed by atoms with E-state index in [1.54, 1.807) is 24.1 Å². The van der Waals surface area contributed by atoms with Crippen LogP contribution in [0.25, 0.3) is 11.0 Å². The molecule has 1 unspecified atom stereocenters. The number of amides is 1. The first-order chi connectivity index (χ1) is 18.0. The third-order valence-corrected chi connectivity index (χ3v) is 6.03. The maximum Gasteiger partial charge on any atom is 0.356 e. The zero-order valence-electron chi connectivity index (χ0n) is 21.3. The Balaban J connectivity index is 1.66. The summed E-state index contributed by atoms with van der Waals surface area (Å²) in [6.45, 7) is 3.58. The fourth-order valence-corrected chi connectivity index (χ4v) is 4.22. The van der Waals surface area contributed by atoms with Gasteiger partial charge in [0.15, 0.2) is 5.69 Å². The lowest BCUT2D eigenvalue weighted by atomic mass is 10.1. The van der Waals surface area contributed by atoms with Crippen molar-refractivity contribution in [2.45, 2.75) is 38.9 Å². The van der Waals surface area contributed by atoms with Crippen molar-refractivity contribution in [2.75, 3.05) is 31.5 Å². The molecule has 0 aliphatic carbocycles. The van der Waals surface area contributed by atoms with Gasteiger partial charge in [-0.25, -0.2) is 9.78 Å². The number of hydrogen-bond acceptors (Lipinski definition) is 7. The van der Waals surface area contributed by atoms with Gasteiger partial charge in [-0.1, -0.05) is 30.3 Å². The second-order valence-electron chi connectivity index (χ2n) is 8.77. The lowest BCUT2D eigenvalue weighted by Crippen LogP contribution is -2.19. The number of aromatic nitrogens is 4. The predicted octanol–water partition coefficient (Wildman–Crippen LogP) is 3.74. The van der Waals surface area contributed by atoms with Crippen LogP contribution in [0.2, 0.25) is 0 Å². The van der Waals surface area contributed by atoms with Gasteiger partial charge in [0.1, 0.15) is 5.65 Å². The van der Waals surface area contributed by atoms with E-state index in [2.05, 4.69) is 27.6 Å². The summed E-state index contributed by atoms with van der Waals surface area (Å²) in [6, 6.07) is 13.4. The van der Waals surface area contributed by atoms with E-state index in [-0.39, 0.29) is 24.1 Å². The van der Waals surface area contributed by atoms with Gasteiger partial charge in [-0.2, -0.15) is 5.10 Å². The molecule has 1 aromatic carbocycles. The van der Waals surface area contributed by atoms with Crippen LogP contribution in [0, 0.1) is 0 Å². The first-order valence-corrected chi connectivity index (χ1v) is 12.2. The molecule has 4 rings (SSSR count). The van der Waals surface area contributed by atoms with Gasteiger partial charge in [0.2, 0.25) is 5.91 Å². The van der Waals surface area contributed by atoms with Crippen molar-refractivity contribution >= 4 is 34.3 Å². The van der Waals surface area contributed by atoms with Gasteiger partial charge in [-0.05, 0) is 31.0 Å². The van der Waals surface area contributed by atoms with E-state index in [4.69, 9.17) is 9.47 Å². The number of ether oxygens (including phenoxy) is 2. The summed E-state index contributed by atoms with van der Waals surface area (Å²) in [4.78, 5) is 30.6. The predicted molar refractivity (Wildman–Crippen MR) is 142 cm³/mol. The summed E-state index contributed by atoms with van der Waals surface area (Å²) in [5, 5.41) is 11.3. The smallest absolute Gasteiger partial charge is 0.356 e. The molecule has 194 valence electrons. The second kappa shape index (κ2) is 12.2. The molecule has 10 nitrogen and oxygen atoms in total. The second-order valence-corrected chi connectivity index (χ2v) is 8.77. The molecule has 3 heterocycles. The highest BCUT2D eigenvalue weighted by Gasteiger charge is 2.26. The third kappa shape index (κ3) is 6.34. The van der Waals surface area contributed by atoms with Gasteiger partial charge >= 0.3 is 5.97 Å². The van der Waals surface area contributed by atoms with Gasteiger partial charge in [0, 0.05) is 44.0 Å². The van der Waals surface area contributed by atoms with Gasteiger partial charge in [0.05, 0.1) is 37.7 Å². The third-order valence-electron chi connectivity index (χ3n) is 6.03. The van der Waals surface area contributed by atoms with Crippen molar-refractivity contribution in [3.05, 3.63) is 72.3 Å². The van der Waals surface area contributed by atoms with E-state index in [1.807, 2.05) is 53.3 Å². The number of nitrogens with zero attached hydrogens (tertiary/aromatic N) is 4. The number of aryl methyl sites for hydroxylation is 1. The topological polar surface area (TPSA) is 112 Å². The SMILES string of the molecule is COCCn1c(C(=O)OC)c(NC(=O)Cc2ccccc2)c2cc(NC(C)CCn3cccn3)cnc21. The number of methoxy groups -OCH3 is 2. The van der Waals surface area contributed by atoms with E-state index in [0.29, 0.717) is 29.9 Å². The van der Waals surface area contributed by atoms with Crippen LogP contribution >= 0.6 is 0 Å². The van der Waals surface area contributed by atoms with Gasteiger partial charge in [0.25, 0.3) is 0 Å². The fraction of sp³-hybridized carbons (Fsp3) is 0.333. The van der Waals surface area contributed by atoms with Crippen LogP contribution in [-0.4, -0.2) is 58.1 Å². The zero-order chi connectivity index (χ0) is 26.2. The normalized spacial score (nSPS) is 11.9. The van der Waals surface area contributed by atoms with Crippen molar-refractivity contribution in [3.8, 4) is 0 Å². The van der Waals surface area contributed by atoms with Crippen LogP contribution in [0.1, 0.15) is 29.4 Å². The van der Waals surface area contributed by atoms with Crippen LogP contribution < -0.4 is 10.6 Å². The molecule has 0 radical (unpaired) electrons. The lowest BCUT2D eigenvalue weighted by molar-refractivity contribution is -0.115. The van der Waals surface area contributed by atoms with Crippen molar-refractivity contribution in [1.29, 1.82) is 0 Å². The minimum atomic E-state index is -0.564. The summed E-state index contributed by atoms with van der Waals surface area (Å²) in [5.41, 5.74) is 2.81. The number of nitrogens with one attached hydrogen (secondary N) is 2. The highest BCUT2D eigenvalue weighted by molar-refractivity contribution is 6.11. The molecule has 0 bridgehead atoms. The Morgan fingerprint density at radius 1 is 1.11 bits per heavy atom. The number of pyridine rings is 1. The molecule has 0 aliphatic rings. The molecule has 1 amide bonds. The van der Waals surface area contributed by atoms with Crippen molar-refractivity contribution in [3.63, 3.8) is 0 Å². The first kappa shape index (κ1) is 25.9. The largest absolute Gasteiger partial charge is 0.464 e. The van der Waals surface area contributed by atoms with E-state index >= 15 is 0 Å². The molecule has 3 aromatic heterocycles. The summed E-state index contributed by atoms with van der Waals surface area (Å²) >= 11 is 0. The average molecular weight is 505 g/mol. The van der Waals surface area contributed by atoms with Gasteiger partial charge < -0.3 is 24.7 Å². The molecule has 0 fully saturated rings. The Morgan fingerprint density at radius 2 is 1.92 bits per heavy atom. The van der Waals surface area contributed by atoms with Crippen LogP contribution in [0.3, 0.4) is 0 Å². The monoisotopic (exact) mass is 504 g/mol. The number of benzene rings is 1. The Kier molecular flexibility index (Phi) is 8.52. The molecule has 10 heteroatoms. The highest BCUT2D eigenvalue weighted by Crippen LogP contribution is 2.33. The first-order valence-electron chi connectivity index (χ1n) is 12.2. The highest BCUT2D eigenvalue weighted by atomic mass is 16.5. The van der Waals surface area contributed by atoms with E-state index in [1.165, 1.54) is 7.11 Å². The van der Waals surface area contributed by atoms with E-state index in [9.17, 15) is 9.59 Å². The maximum atomic E-state index is 13.0. The van der Waals surface area contributed by atoms with Crippen LogP contribution in [0.4, 0.5) is 11.4 Å². The minimum Gasteiger partial charge on any atom is -0.464 e. The molecule has 4 aromatic rings. The van der Waals surface area contributed by atoms with Gasteiger partial charge in [-0.15, -0.1) is 0 Å². The van der Waals surface area contributed by atoms with Crippen LogP contribution in [-0.2, 0) is 33.8 Å². The molecule has 2 N–H and O–H groups in total. The maximum absolute atomic E-state index is 13.0. The number of carbonyl (C=O) groups is 2. The standard InChI is InChI=1S/C27H32N6O4/c1-19(10-13-32-12-7-11-29-32)30-21-17-22-24(31-23(34)16-20-8-5-4-6-9-20)25(27(35)37-3)33(14-15-36-2)26(22)28-18-21/h4-9,11-12,17-19,30H,10,13-16H2,1-3H3,(H,31,34). The average Bonchev–Trinajstić information content (AvgIpc) is 3.53. The van der Waals surface area contributed by atoms with Crippen molar-refractivity contribution < 1.29 is 19.1 Å². The summed E-state index contributed by atoms with van der Waals surface area (Å²) in [6.07, 6.45) is 6.44. The van der Waals surface area contributed by atoms with Crippen LogP contribution in [0.15, 0.2) is 61.1 Å². The number of rotatable bonds is 12. The van der Waals surface area contributed by atoms with Gasteiger partial charge in [-0.3, -0.25) is 9.48 Å². The molecular weight excluding hydrogens is 472 g/mol. The number of carbonyl (C=O) groups excluding carboxylic acids is 2. The van der Waals surface area contributed by atoms with Crippen molar-refractivity contribution in [1.82, 2.24) is 19.3 Å². The molecule has 0 aliphatic heterocycles. The number of anilines is 2. The zero-order valence-corrected chi connectivity index (χ0v) is 21.3. The minimum absolute atomic E-state index is 0.134. The molecule has 0 spiro atoms. The molecule has 0 saturated carbocycles. The number of hydrogen-bond donors (Lipinski definition) is 2. The molecule has 37 heavy (non-hydrogen) atoms. The quantitative estimate of drug-likeness (QED) is 0.283. The molecular formula is C27H32N6O4. The summed E-state index contributed by atoms with van der Waals surface area (Å²) < 4.78 is 14.0. The van der Waals surface area contributed by atoms with E-state index < -0.39 is 5.97 Å². The summed E-state index contributed by atoms with van der Waals surface area (Å²) in [7, 11) is 2.91. The summed E-state index contributed by atoms with van der Waals surface area (Å²) in [5.74, 6) is -0.806. The fourth-order valence-electron chi connectivity index (χ4n) is 4.22. The lowest BCUT2D eigenvalue weighted by Gasteiger charge is -2.15. The Hall–Kier alpha value is -4.18. The Morgan fingerprint density at radius 3 is 2.62 bits per heavy atom. The Bertz CT molecular complexity index is 1330.